The summed E-state index contributed by atoms with van der Waals surface area (Å²) >= 11 is 1.90. The zero-order chi connectivity index (χ0) is 19.3. The van der Waals surface area contributed by atoms with Gasteiger partial charge in [0.1, 0.15) is 0 Å². The summed E-state index contributed by atoms with van der Waals surface area (Å²) in [6, 6.07) is 0.431. The number of rotatable bonds is 14. The molecule has 3 N–H and O–H groups in total. The van der Waals surface area contributed by atoms with Gasteiger partial charge in [-0.1, -0.05) is 11.5 Å². The summed E-state index contributed by atoms with van der Waals surface area (Å²) in [5.74, 6) is 1.00. The highest BCUT2D eigenvalue weighted by Crippen LogP contribution is 2.33. The van der Waals surface area contributed by atoms with Gasteiger partial charge in [-0.2, -0.15) is 11.8 Å². The Labute approximate surface area is 163 Å². The second-order valence-electron chi connectivity index (χ2n) is 6.40. The Kier molecular flexibility index (Phi) is 10.1. The van der Waals surface area contributed by atoms with E-state index in [9.17, 15) is 9.59 Å². The fraction of sp³-hybridized carbons (Fsp3) is 0.875. The van der Waals surface area contributed by atoms with Crippen LogP contribution in [0.25, 0.3) is 10.4 Å². The number of carbonyl (C=O) groups is 2. The van der Waals surface area contributed by atoms with Gasteiger partial charge < -0.3 is 25.4 Å². The van der Waals surface area contributed by atoms with Gasteiger partial charge in [-0.3, -0.25) is 4.79 Å². The Morgan fingerprint density at radius 1 is 1.26 bits per heavy atom. The van der Waals surface area contributed by atoms with Crippen LogP contribution < -0.4 is 16.0 Å². The molecule has 3 atom stereocenters. The molecular formula is C16H28N6O4S. The lowest BCUT2D eigenvalue weighted by molar-refractivity contribution is -0.121. The second kappa shape index (κ2) is 12.7. The topological polar surface area (TPSA) is 137 Å². The molecule has 0 saturated carbocycles. The Morgan fingerprint density at radius 3 is 2.89 bits per heavy atom. The van der Waals surface area contributed by atoms with E-state index in [1.807, 2.05) is 11.8 Å². The summed E-state index contributed by atoms with van der Waals surface area (Å²) in [7, 11) is 0. The third kappa shape index (κ3) is 8.25. The first-order valence-corrected chi connectivity index (χ1v) is 10.4. The molecule has 0 aromatic rings. The van der Waals surface area contributed by atoms with Crippen molar-refractivity contribution in [2.45, 2.75) is 43.0 Å². The summed E-state index contributed by atoms with van der Waals surface area (Å²) in [6.07, 6.45) is 3.36. The average molecular weight is 401 g/mol. The molecule has 11 heteroatoms. The SMILES string of the molecule is [N-]=[N+]=NCCOCCOCCNC(=O)CCCC[C@H]1SC[C@@H]2NC(=O)N[C@H]21. The number of unbranched alkanes of at least 4 members (excludes halogenated alkanes) is 1. The minimum Gasteiger partial charge on any atom is -0.379 e. The van der Waals surface area contributed by atoms with Crippen molar-refractivity contribution >= 4 is 23.7 Å². The van der Waals surface area contributed by atoms with Crippen LogP contribution in [0.4, 0.5) is 4.79 Å². The molecule has 10 nitrogen and oxygen atoms in total. The number of hydrogen-bond donors (Lipinski definition) is 3. The number of nitrogens with one attached hydrogen (secondary N) is 3. The summed E-state index contributed by atoms with van der Waals surface area (Å²) in [5, 5.41) is 12.6. The maximum atomic E-state index is 11.8. The van der Waals surface area contributed by atoms with Gasteiger partial charge in [0.2, 0.25) is 5.91 Å². The van der Waals surface area contributed by atoms with Crippen LogP contribution in [0.2, 0.25) is 0 Å². The molecule has 2 rings (SSSR count). The van der Waals surface area contributed by atoms with Gasteiger partial charge in [-0.15, -0.1) is 0 Å². The molecule has 0 aromatic carbocycles. The fourth-order valence-electron chi connectivity index (χ4n) is 3.10. The first kappa shape index (κ1) is 21.6. The first-order valence-electron chi connectivity index (χ1n) is 9.32. The van der Waals surface area contributed by atoms with E-state index in [1.54, 1.807) is 0 Å². The molecule has 0 spiro atoms. The van der Waals surface area contributed by atoms with Crippen molar-refractivity contribution in [2.75, 3.05) is 45.3 Å². The van der Waals surface area contributed by atoms with E-state index in [1.165, 1.54) is 0 Å². The Morgan fingerprint density at radius 2 is 2.07 bits per heavy atom. The highest BCUT2D eigenvalue weighted by atomic mass is 32.2. The van der Waals surface area contributed by atoms with Crippen LogP contribution in [0.15, 0.2) is 5.11 Å². The molecule has 2 saturated heterocycles. The quantitative estimate of drug-likeness (QED) is 0.132. The third-order valence-electron chi connectivity index (χ3n) is 4.42. The lowest BCUT2D eigenvalue weighted by Crippen LogP contribution is -2.36. The van der Waals surface area contributed by atoms with Crippen molar-refractivity contribution < 1.29 is 19.1 Å². The Hall–Kier alpha value is -1.68. The smallest absolute Gasteiger partial charge is 0.315 e. The number of hydrogen-bond acceptors (Lipinski definition) is 6. The largest absolute Gasteiger partial charge is 0.379 e. The Balaban J connectivity index is 1.38. The highest BCUT2D eigenvalue weighted by molar-refractivity contribution is 8.00. The maximum absolute atomic E-state index is 11.8. The van der Waals surface area contributed by atoms with E-state index in [0.717, 1.165) is 25.0 Å². The lowest BCUT2D eigenvalue weighted by atomic mass is 10.0. The number of urea groups is 1. The average Bonchev–Trinajstić information content (AvgIpc) is 3.20. The number of azide groups is 1. The molecule has 0 aromatic heterocycles. The molecule has 2 aliphatic rings. The first-order chi connectivity index (χ1) is 13.2. The second-order valence-corrected chi connectivity index (χ2v) is 7.67. The van der Waals surface area contributed by atoms with Crippen LogP contribution in [-0.2, 0) is 14.3 Å². The van der Waals surface area contributed by atoms with Gasteiger partial charge in [-0.05, 0) is 18.4 Å². The van der Waals surface area contributed by atoms with Crippen molar-refractivity contribution in [3.05, 3.63) is 10.4 Å². The van der Waals surface area contributed by atoms with E-state index < -0.39 is 0 Å². The number of fused-ring (bicyclic) bond motifs is 1. The molecule has 0 aliphatic carbocycles. The minimum absolute atomic E-state index is 0.0389. The molecule has 27 heavy (non-hydrogen) atoms. The van der Waals surface area contributed by atoms with Crippen LogP contribution in [0.3, 0.4) is 0 Å². The Bertz CT molecular complexity index is 531. The number of carbonyl (C=O) groups excluding carboxylic acids is 2. The van der Waals surface area contributed by atoms with E-state index in [4.69, 9.17) is 15.0 Å². The predicted octanol–water partition coefficient (Wildman–Crippen LogP) is 1.17. The molecular weight excluding hydrogens is 372 g/mol. The standard InChI is InChI=1S/C16H28N6O4S/c17-22-19-6-8-26-10-9-25-7-5-18-14(23)4-2-1-3-13-15-12(11-27-13)20-16(24)21-15/h12-13,15H,1-11H2,(H,18,23)(H2,20,21,24)/t12-,13+,15+/m0/s1. The van der Waals surface area contributed by atoms with Crippen molar-refractivity contribution in [2.24, 2.45) is 5.11 Å². The van der Waals surface area contributed by atoms with Crippen LogP contribution in [0.1, 0.15) is 25.7 Å². The summed E-state index contributed by atoms with van der Waals surface area (Å²) in [4.78, 5) is 25.8. The zero-order valence-corrected chi connectivity index (χ0v) is 16.2. The maximum Gasteiger partial charge on any atom is 0.315 e. The highest BCUT2D eigenvalue weighted by Gasteiger charge is 2.42. The fourth-order valence-corrected chi connectivity index (χ4v) is 4.64. The van der Waals surface area contributed by atoms with Gasteiger partial charge in [0.05, 0.1) is 38.5 Å². The van der Waals surface area contributed by atoms with Gasteiger partial charge in [-0.25, -0.2) is 4.79 Å². The summed E-state index contributed by atoms with van der Waals surface area (Å²) in [6.45, 7) is 2.51. The van der Waals surface area contributed by atoms with E-state index in [2.05, 4.69) is 26.0 Å². The van der Waals surface area contributed by atoms with Crippen molar-refractivity contribution in [1.82, 2.24) is 16.0 Å². The normalized spacial score (nSPS) is 23.3. The van der Waals surface area contributed by atoms with Crippen molar-refractivity contribution in [3.63, 3.8) is 0 Å². The molecule has 3 amide bonds. The zero-order valence-electron chi connectivity index (χ0n) is 15.4. The molecule has 0 radical (unpaired) electrons. The molecule has 2 aliphatic heterocycles. The van der Waals surface area contributed by atoms with Crippen molar-refractivity contribution in [1.29, 1.82) is 0 Å². The lowest BCUT2D eigenvalue weighted by Gasteiger charge is -2.16. The van der Waals surface area contributed by atoms with Crippen LogP contribution in [0, 0.1) is 0 Å². The van der Waals surface area contributed by atoms with E-state index in [-0.39, 0.29) is 24.0 Å². The van der Waals surface area contributed by atoms with Crippen LogP contribution in [0.5, 0.6) is 0 Å². The molecule has 0 bridgehead atoms. The summed E-state index contributed by atoms with van der Waals surface area (Å²) < 4.78 is 10.5. The third-order valence-corrected chi connectivity index (χ3v) is 5.93. The number of nitrogens with zero attached hydrogens (tertiary/aromatic N) is 3. The number of thioether (sulfide) groups is 1. The number of ether oxygens (including phenoxy) is 2. The summed E-state index contributed by atoms with van der Waals surface area (Å²) in [5.41, 5.74) is 8.10. The van der Waals surface area contributed by atoms with Gasteiger partial charge in [0, 0.05) is 35.4 Å². The van der Waals surface area contributed by atoms with E-state index >= 15 is 0 Å². The van der Waals surface area contributed by atoms with Crippen molar-refractivity contribution in [3.8, 4) is 0 Å². The molecule has 152 valence electrons. The molecule has 0 unspecified atom stereocenters. The molecule has 2 fully saturated rings. The minimum atomic E-state index is -0.0587. The van der Waals surface area contributed by atoms with Crippen LogP contribution in [-0.4, -0.2) is 74.5 Å². The van der Waals surface area contributed by atoms with Gasteiger partial charge in [0.15, 0.2) is 0 Å². The van der Waals surface area contributed by atoms with Crippen LogP contribution >= 0.6 is 11.8 Å². The van der Waals surface area contributed by atoms with Gasteiger partial charge in [0.25, 0.3) is 0 Å². The predicted molar refractivity (Wildman–Crippen MR) is 103 cm³/mol. The monoisotopic (exact) mass is 400 g/mol. The van der Waals surface area contributed by atoms with E-state index in [0.29, 0.717) is 51.2 Å². The number of amides is 3. The molecule has 2 heterocycles. The van der Waals surface area contributed by atoms with Gasteiger partial charge >= 0.3 is 6.03 Å².